The number of rotatable bonds is 1. The van der Waals surface area contributed by atoms with E-state index in [9.17, 15) is 0 Å². The van der Waals surface area contributed by atoms with Crippen LogP contribution in [0.1, 0.15) is 5.56 Å². The van der Waals surface area contributed by atoms with Gasteiger partial charge >= 0.3 is 0 Å². The zero-order chi connectivity index (χ0) is 9.26. The van der Waals surface area contributed by atoms with Crippen LogP contribution in [-0.2, 0) is 0 Å². The highest BCUT2D eigenvalue weighted by Crippen LogP contribution is 2.23. The van der Waals surface area contributed by atoms with Crippen LogP contribution >= 0.6 is 0 Å². The van der Waals surface area contributed by atoms with E-state index in [1.54, 1.807) is 6.20 Å². The molecule has 0 aliphatic heterocycles. The second-order valence-corrected chi connectivity index (χ2v) is 2.94. The van der Waals surface area contributed by atoms with Gasteiger partial charge in [-0.15, -0.1) is 0 Å². The number of aromatic nitrogens is 1. The van der Waals surface area contributed by atoms with Gasteiger partial charge in [-0.25, -0.2) is 0 Å². The van der Waals surface area contributed by atoms with E-state index in [4.69, 9.17) is 5.21 Å². The molecule has 1 heterocycles. The number of hydrogen-bond donors (Lipinski definition) is 2. The summed E-state index contributed by atoms with van der Waals surface area (Å²) in [5.74, 6) is 0. The zero-order valence-electron chi connectivity index (χ0n) is 7.28. The van der Waals surface area contributed by atoms with E-state index in [1.807, 2.05) is 31.2 Å². The van der Waals surface area contributed by atoms with Gasteiger partial charge in [0, 0.05) is 11.6 Å². The van der Waals surface area contributed by atoms with Gasteiger partial charge in [-0.1, -0.05) is 18.2 Å². The van der Waals surface area contributed by atoms with Gasteiger partial charge in [0.05, 0.1) is 11.2 Å². The van der Waals surface area contributed by atoms with Gasteiger partial charge in [-0.2, -0.15) is 0 Å². The highest BCUT2D eigenvalue weighted by molar-refractivity contribution is 5.91. The molecule has 1 aromatic heterocycles. The van der Waals surface area contributed by atoms with E-state index >= 15 is 0 Å². The summed E-state index contributed by atoms with van der Waals surface area (Å²) in [5, 5.41) is 9.94. The van der Waals surface area contributed by atoms with Crippen molar-refractivity contribution in [1.82, 2.24) is 4.98 Å². The number of benzene rings is 1. The average molecular weight is 174 g/mol. The molecule has 0 fully saturated rings. The normalized spacial score (nSPS) is 10.3. The molecule has 0 unspecified atom stereocenters. The molecule has 0 spiro atoms. The molecule has 0 amide bonds. The van der Waals surface area contributed by atoms with E-state index in [-0.39, 0.29) is 0 Å². The fourth-order valence-electron chi connectivity index (χ4n) is 1.39. The lowest BCUT2D eigenvalue weighted by molar-refractivity contribution is 0.389. The van der Waals surface area contributed by atoms with Crippen molar-refractivity contribution in [3.8, 4) is 0 Å². The molecule has 0 saturated carbocycles. The first-order chi connectivity index (χ1) is 6.33. The van der Waals surface area contributed by atoms with Gasteiger partial charge < -0.3 is 0 Å². The predicted molar refractivity (Wildman–Crippen MR) is 51.9 cm³/mol. The maximum Gasteiger partial charge on any atom is 0.0958 e. The maximum absolute atomic E-state index is 8.93. The second-order valence-electron chi connectivity index (χ2n) is 2.94. The minimum atomic E-state index is 0.679. The number of nitrogens with zero attached hydrogens (tertiary/aromatic N) is 1. The third-order valence-corrected chi connectivity index (χ3v) is 2.09. The van der Waals surface area contributed by atoms with Crippen molar-refractivity contribution >= 4 is 16.6 Å². The third-order valence-electron chi connectivity index (χ3n) is 2.09. The number of pyridine rings is 1. The summed E-state index contributed by atoms with van der Waals surface area (Å²) in [7, 11) is 0. The summed E-state index contributed by atoms with van der Waals surface area (Å²) in [6.07, 6.45) is 1.71. The molecule has 0 saturated heterocycles. The summed E-state index contributed by atoms with van der Waals surface area (Å²) in [6, 6.07) is 7.77. The first kappa shape index (κ1) is 8.01. The molecule has 2 aromatic rings. The van der Waals surface area contributed by atoms with Gasteiger partial charge in [0.1, 0.15) is 0 Å². The lowest BCUT2D eigenvalue weighted by atomic mass is 10.1. The topological polar surface area (TPSA) is 45.2 Å². The molecule has 1 aromatic carbocycles. The van der Waals surface area contributed by atoms with Crippen LogP contribution in [0.3, 0.4) is 0 Å². The van der Waals surface area contributed by atoms with E-state index in [1.165, 1.54) is 0 Å². The highest BCUT2D eigenvalue weighted by Gasteiger charge is 2.03. The number of nitrogens with one attached hydrogen (secondary N) is 1. The fourth-order valence-corrected chi connectivity index (χ4v) is 1.39. The van der Waals surface area contributed by atoms with Crippen LogP contribution in [0.5, 0.6) is 0 Å². The second kappa shape index (κ2) is 3.03. The summed E-state index contributed by atoms with van der Waals surface area (Å²) < 4.78 is 0. The van der Waals surface area contributed by atoms with E-state index < -0.39 is 0 Å². The molecule has 66 valence electrons. The minimum Gasteiger partial charge on any atom is -0.291 e. The Labute approximate surface area is 76.0 Å². The summed E-state index contributed by atoms with van der Waals surface area (Å²) in [4.78, 5) is 4.19. The standard InChI is InChI=1S/C10H10N2O/c1-7-4-5-8-3-2-6-11-10(8)9(7)12-13/h2-6,12-13H,1H3. The Morgan fingerprint density at radius 2 is 2.15 bits per heavy atom. The molecule has 0 aliphatic rings. The van der Waals surface area contributed by atoms with Crippen LogP contribution in [0.25, 0.3) is 10.9 Å². The van der Waals surface area contributed by atoms with Crippen LogP contribution in [0.15, 0.2) is 30.5 Å². The van der Waals surface area contributed by atoms with Gasteiger partial charge in [-0.05, 0) is 18.6 Å². The average Bonchev–Trinajstić information content (AvgIpc) is 2.18. The number of hydrogen-bond acceptors (Lipinski definition) is 3. The molecular weight excluding hydrogens is 164 g/mol. The predicted octanol–water partition coefficient (Wildman–Crippen LogP) is 2.34. The monoisotopic (exact) mass is 174 g/mol. The molecule has 0 aliphatic carbocycles. The third kappa shape index (κ3) is 1.23. The molecule has 13 heavy (non-hydrogen) atoms. The summed E-state index contributed by atoms with van der Waals surface area (Å²) >= 11 is 0. The molecular formula is C10H10N2O. The Morgan fingerprint density at radius 3 is 2.92 bits per heavy atom. The van der Waals surface area contributed by atoms with Crippen LogP contribution in [0.2, 0.25) is 0 Å². The minimum absolute atomic E-state index is 0.679. The van der Waals surface area contributed by atoms with E-state index in [0.29, 0.717) is 5.69 Å². The summed E-state index contributed by atoms with van der Waals surface area (Å²) in [5.41, 5.74) is 4.63. The van der Waals surface area contributed by atoms with Crippen molar-refractivity contribution in [3.63, 3.8) is 0 Å². The zero-order valence-corrected chi connectivity index (χ0v) is 7.28. The lowest BCUT2D eigenvalue weighted by Crippen LogP contribution is -1.94. The molecule has 3 nitrogen and oxygen atoms in total. The fraction of sp³-hybridized carbons (Fsp3) is 0.100. The molecule has 2 rings (SSSR count). The van der Waals surface area contributed by atoms with E-state index in [2.05, 4.69) is 10.5 Å². The quantitative estimate of drug-likeness (QED) is 0.652. The molecule has 0 bridgehead atoms. The maximum atomic E-state index is 8.93. The van der Waals surface area contributed by atoms with Crippen LogP contribution in [0.4, 0.5) is 5.69 Å². The number of fused-ring (bicyclic) bond motifs is 1. The molecule has 3 heteroatoms. The van der Waals surface area contributed by atoms with E-state index in [0.717, 1.165) is 16.5 Å². The Hall–Kier alpha value is -1.61. The summed E-state index contributed by atoms with van der Waals surface area (Å²) in [6.45, 7) is 1.92. The van der Waals surface area contributed by atoms with Gasteiger partial charge in [0.15, 0.2) is 0 Å². The SMILES string of the molecule is Cc1ccc2cccnc2c1NO. The highest BCUT2D eigenvalue weighted by atomic mass is 16.5. The molecule has 0 radical (unpaired) electrons. The Balaban J connectivity index is 2.84. The first-order valence-corrected chi connectivity index (χ1v) is 4.07. The lowest BCUT2D eigenvalue weighted by Gasteiger charge is -2.06. The smallest absolute Gasteiger partial charge is 0.0958 e. The van der Waals surface area contributed by atoms with Crippen molar-refractivity contribution in [1.29, 1.82) is 0 Å². The van der Waals surface area contributed by atoms with Crippen molar-refractivity contribution in [2.24, 2.45) is 0 Å². The van der Waals surface area contributed by atoms with Crippen LogP contribution < -0.4 is 5.48 Å². The Kier molecular flexibility index (Phi) is 1.87. The van der Waals surface area contributed by atoms with Crippen molar-refractivity contribution in [3.05, 3.63) is 36.0 Å². The van der Waals surface area contributed by atoms with Crippen molar-refractivity contribution in [2.75, 3.05) is 5.48 Å². The van der Waals surface area contributed by atoms with Crippen LogP contribution in [-0.4, -0.2) is 10.2 Å². The van der Waals surface area contributed by atoms with Gasteiger partial charge in [0.2, 0.25) is 0 Å². The van der Waals surface area contributed by atoms with Crippen molar-refractivity contribution in [2.45, 2.75) is 6.92 Å². The number of anilines is 1. The molecule has 0 atom stereocenters. The largest absolute Gasteiger partial charge is 0.291 e. The Morgan fingerprint density at radius 1 is 1.31 bits per heavy atom. The number of aryl methyl sites for hydroxylation is 1. The van der Waals surface area contributed by atoms with Crippen molar-refractivity contribution < 1.29 is 5.21 Å². The van der Waals surface area contributed by atoms with Gasteiger partial charge in [-0.3, -0.25) is 15.7 Å². The Bertz CT molecular complexity index is 440. The van der Waals surface area contributed by atoms with Crippen LogP contribution in [0, 0.1) is 6.92 Å². The first-order valence-electron chi connectivity index (χ1n) is 4.07. The van der Waals surface area contributed by atoms with Gasteiger partial charge in [0.25, 0.3) is 0 Å². The molecule has 2 N–H and O–H groups in total.